The van der Waals surface area contributed by atoms with E-state index in [9.17, 15) is 9.59 Å². The number of hydrogen-bond donors (Lipinski definition) is 4. The van der Waals surface area contributed by atoms with Crippen LogP contribution < -0.4 is 16.0 Å². The molecule has 160 valence electrons. The quantitative estimate of drug-likeness (QED) is 0.354. The second-order valence-electron chi connectivity index (χ2n) is 6.68. The Bertz CT molecular complexity index is 1230. The summed E-state index contributed by atoms with van der Waals surface area (Å²) in [6, 6.07) is 18.8. The summed E-state index contributed by atoms with van der Waals surface area (Å²) in [6.07, 6.45) is 1.44. The number of anilines is 2. The van der Waals surface area contributed by atoms with E-state index in [4.69, 9.17) is 11.6 Å². The first-order chi connectivity index (χ1) is 15.6. The summed E-state index contributed by atoms with van der Waals surface area (Å²) in [5.41, 5.74) is 1.70. The lowest BCUT2D eigenvalue weighted by atomic mass is 10.2. The second-order valence-corrected chi connectivity index (χ2v) is 7.11. The molecule has 32 heavy (non-hydrogen) atoms. The van der Waals surface area contributed by atoms with Crippen LogP contribution in [0.3, 0.4) is 0 Å². The highest BCUT2D eigenvalue weighted by molar-refractivity contribution is 6.30. The average molecular weight is 448 g/mol. The van der Waals surface area contributed by atoms with Crippen LogP contribution in [0.1, 0.15) is 16.2 Å². The Morgan fingerprint density at radius 2 is 1.81 bits per heavy atom. The fourth-order valence-corrected chi connectivity index (χ4v) is 2.92. The summed E-state index contributed by atoms with van der Waals surface area (Å²) < 4.78 is 0. The van der Waals surface area contributed by atoms with Crippen molar-refractivity contribution in [3.63, 3.8) is 0 Å². The predicted octanol–water partition coefficient (Wildman–Crippen LogP) is 4.09. The van der Waals surface area contributed by atoms with Gasteiger partial charge in [0, 0.05) is 23.0 Å². The predicted molar refractivity (Wildman–Crippen MR) is 121 cm³/mol. The summed E-state index contributed by atoms with van der Waals surface area (Å²) in [4.78, 5) is 33.1. The minimum atomic E-state index is -0.445. The van der Waals surface area contributed by atoms with Crippen LogP contribution in [-0.2, 0) is 6.54 Å². The molecule has 0 spiro atoms. The van der Waals surface area contributed by atoms with Gasteiger partial charge in [-0.25, -0.2) is 14.8 Å². The first-order valence-corrected chi connectivity index (χ1v) is 9.99. The van der Waals surface area contributed by atoms with E-state index in [-0.39, 0.29) is 12.5 Å². The highest BCUT2D eigenvalue weighted by Gasteiger charge is 2.10. The van der Waals surface area contributed by atoms with Gasteiger partial charge in [-0.15, -0.1) is 0 Å². The first-order valence-electron chi connectivity index (χ1n) is 9.61. The maximum atomic E-state index is 12.4. The lowest BCUT2D eigenvalue weighted by molar-refractivity contribution is 0.102. The number of nitrogens with zero attached hydrogens (tertiary/aromatic N) is 3. The molecule has 0 bridgehead atoms. The van der Waals surface area contributed by atoms with E-state index in [0.29, 0.717) is 33.7 Å². The Morgan fingerprint density at radius 1 is 0.969 bits per heavy atom. The van der Waals surface area contributed by atoms with Crippen LogP contribution in [0.5, 0.6) is 0 Å². The Morgan fingerprint density at radius 3 is 2.59 bits per heavy atom. The molecule has 9 nitrogen and oxygen atoms in total. The number of pyridine rings is 1. The molecule has 10 heteroatoms. The van der Waals surface area contributed by atoms with Crippen molar-refractivity contribution in [2.75, 3.05) is 10.6 Å². The van der Waals surface area contributed by atoms with Crippen molar-refractivity contribution in [2.45, 2.75) is 6.54 Å². The minimum absolute atomic E-state index is 0.161. The molecule has 0 radical (unpaired) electrons. The highest BCUT2D eigenvalue weighted by atomic mass is 35.5. The zero-order valence-corrected chi connectivity index (χ0v) is 17.4. The molecule has 0 aliphatic heterocycles. The van der Waals surface area contributed by atoms with E-state index >= 15 is 0 Å². The third-order valence-electron chi connectivity index (χ3n) is 4.33. The number of carbonyl (C=O) groups is 2. The van der Waals surface area contributed by atoms with Crippen LogP contribution in [0.25, 0.3) is 11.4 Å². The number of hydrogen-bond acceptors (Lipinski definition) is 5. The first kappa shape index (κ1) is 21.0. The summed E-state index contributed by atoms with van der Waals surface area (Å²) in [5.74, 6) is 1.08. The number of carbonyl (C=O) groups excluding carboxylic acids is 2. The van der Waals surface area contributed by atoms with Gasteiger partial charge in [0.25, 0.3) is 5.91 Å². The molecule has 4 aromatic rings. The minimum Gasteiger partial charge on any atom is -0.331 e. The number of aromatic amines is 1. The zero-order chi connectivity index (χ0) is 22.3. The van der Waals surface area contributed by atoms with Crippen LogP contribution in [-0.4, -0.2) is 32.1 Å². The van der Waals surface area contributed by atoms with Crippen molar-refractivity contribution >= 4 is 35.0 Å². The number of benzene rings is 2. The van der Waals surface area contributed by atoms with Crippen molar-refractivity contribution in [2.24, 2.45) is 0 Å². The van der Waals surface area contributed by atoms with Gasteiger partial charge in [-0.3, -0.25) is 9.89 Å². The van der Waals surface area contributed by atoms with E-state index in [1.807, 2.05) is 30.3 Å². The number of aromatic nitrogens is 4. The number of H-pyrrole nitrogens is 1. The molecule has 0 fully saturated rings. The van der Waals surface area contributed by atoms with Gasteiger partial charge in [0.2, 0.25) is 0 Å². The normalized spacial score (nSPS) is 10.4. The fourth-order valence-electron chi connectivity index (χ4n) is 2.81. The van der Waals surface area contributed by atoms with Gasteiger partial charge >= 0.3 is 6.03 Å². The van der Waals surface area contributed by atoms with Gasteiger partial charge in [0.05, 0.1) is 11.6 Å². The van der Waals surface area contributed by atoms with Crippen molar-refractivity contribution in [1.82, 2.24) is 25.5 Å². The number of urea groups is 1. The monoisotopic (exact) mass is 447 g/mol. The zero-order valence-electron chi connectivity index (χ0n) is 16.7. The summed E-state index contributed by atoms with van der Waals surface area (Å²) in [6.45, 7) is 0.161. The molecule has 2 aromatic heterocycles. The molecule has 4 N–H and O–H groups in total. The van der Waals surface area contributed by atoms with Gasteiger partial charge in [-0.05, 0) is 30.3 Å². The van der Waals surface area contributed by atoms with E-state index in [0.717, 1.165) is 5.56 Å². The molecule has 0 aliphatic rings. The summed E-state index contributed by atoms with van der Waals surface area (Å²) in [5, 5.41) is 15.5. The Hall–Kier alpha value is -4.24. The smallest absolute Gasteiger partial charge is 0.319 e. The molecule has 0 aliphatic carbocycles. The standard InChI is InChI=1S/C22H18ClN7O2/c23-16-9-10-18(24-12-16)28-21(31)15-7-4-8-17(11-15)26-22(32)25-13-19-27-20(30-29-19)14-5-2-1-3-6-14/h1-12H,13H2,(H,24,28,31)(H2,25,26,32)(H,27,29,30). The topological polar surface area (TPSA) is 125 Å². The molecular formula is C22H18ClN7O2. The van der Waals surface area contributed by atoms with Crippen molar-refractivity contribution in [3.8, 4) is 11.4 Å². The van der Waals surface area contributed by atoms with E-state index in [1.54, 1.807) is 36.4 Å². The number of halogens is 1. The second kappa shape index (κ2) is 9.71. The lowest BCUT2D eigenvalue weighted by Gasteiger charge is -2.09. The Kier molecular flexibility index (Phi) is 6.38. The molecule has 3 amide bonds. The lowest BCUT2D eigenvalue weighted by Crippen LogP contribution is -2.28. The van der Waals surface area contributed by atoms with Gasteiger partial charge in [0.1, 0.15) is 11.6 Å². The van der Waals surface area contributed by atoms with Gasteiger partial charge in [0.15, 0.2) is 5.82 Å². The van der Waals surface area contributed by atoms with Gasteiger partial charge < -0.3 is 16.0 Å². The molecule has 0 saturated heterocycles. The van der Waals surface area contributed by atoms with Gasteiger partial charge in [-0.2, -0.15) is 5.10 Å². The maximum absolute atomic E-state index is 12.4. The summed E-state index contributed by atoms with van der Waals surface area (Å²) in [7, 11) is 0. The van der Waals surface area contributed by atoms with Crippen LogP contribution in [0.4, 0.5) is 16.3 Å². The molecular weight excluding hydrogens is 430 g/mol. The van der Waals surface area contributed by atoms with Crippen molar-refractivity contribution in [3.05, 3.63) is 89.3 Å². The van der Waals surface area contributed by atoms with Crippen LogP contribution >= 0.6 is 11.6 Å². The number of nitrogens with one attached hydrogen (secondary N) is 4. The van der Waals surface area contributed by atoms with Crippen molar-refractivity contribution < 1.29 is 9.59 Å². The molecule has 2 heterocycles. The van der Waals surface area contributed by atoms with Gasteiger partial charge in [-0.1, -0.05) is 48.0 Å². The van der Waals surface area contributed by atoms with E-state index in [1.165, 1.54) is 6.20 Å². The number of amides is 3. The molecule has 2 aromatic carbocycles. The summed E-state index contributed by atoms with van der Waals surface area (Å²) >= 11 is 5.80. The third-order valence-corrected chi connectivity index (χ3v) is 4.56. The van der Waals surface area contributed by atoms with Crippen LogP contribution in [0.2, 0.25) is 5.02 Å². The number of rotatable bonds is 6. The highest BCUT2D eigenvalue weighted by Crippen LogP contribution is 2.15. The molecule has 0 saturated carbocycles. The van der Waals surface area contributed by atoms with Crippen molar-refractivity contribution in [1.29, 1.82) is 0 Å². The molecule has 0 unspecified atom stereocenters. The van der Waals surface area contributed by atoms with E-state index < -0.39 is 6.03 Å². The third kappa shape index (κ3) is 5.46. The fraction of sp³-hybridized carbons (Fsp3) is 0.0455. The Labute approximate surface area is 188 Å². The maximum Gasteiger partial charge on any atom is 0.319 e. The SMILES string of the molecule is O=C(NCc1nc(-c2ccccc2)n[nH]1)Nc1cccc(C(=O)Nc2ccc(Cl)cn2)c1. The van der Waals surface area contributed by atoms with E-state index in [2.05, 4.69) is 36.1 Å². The Balaban J connectivity index is 1.32. The molecule has 4 rings (SSSR count). The largest absolute Gasteiger partial charge is 0.331 e. The molecule has 0 atom stereocenters. The van der Waals surface area contributed by atoms with Crippen LogP contribution in [0.15, 0.2) is 72.9 Å². The average Bonchev–Trinajstić information content (AvgIpc) is 3.29. The van der Waals surface area contributed by atoms with Crippen LogP contribution in [0, 0.1) is 0 Å².